The van der Waals surface area contributed by atoms with Gasteiger partial charge in [0, 0.05) is 7.05 Å². The molecule has 0 bridgehead atoms. The molecule has 0 saturated heterocycles. The fraction of sp³-hybridized carbons (Fsp3) is 0.462. The van der Waals surface area contributed by atoms with Gasteiger partial charge in [-0.3, -0.25) is 4.79 Å². The molecule has 1 aliphatic heterocycles. The van der Waals surface area contributed by atoms with E-state index in [0.717, 1.165) is 23.5 Å². The van der Waals surface area contributed by atoms with Gasteiger partial charge < -0.3 is 14.7 Å². The second-order valence-electron chi connectivity index (χ2n) is 4.30. The van der Waals surface area contributed by atoms with Gasteiger partial charge in [0.05, 0.1) is 18.2 Å². The highest BCUT2D eigenvalue weighted by Gasteiger charge is 2.21. The van der Waals surface area contributed by atoms with Gasteiger partial charge in [-0.1, -0.05) is 13.0 Å². The molecule has 92 valence electrons. The van der Waals surface area contributed by atoms with Crippen molar-refractivity contribution in [2.45, 2.75) is 19.3 Å². The molecule has 0 amide bonds. The summed E-state index contributed by atoms with van der Waals surface area (Å²) >= 11 is 0. The number of anilines is 1. The van der Waals surface area contributed by atoms with Gasteiger partial charge in [0.2, 0.25) is 0 Å². The Morgan fingerprint density at radius 2 is 2.35 bits per heavy atom. The van der Waals surface area contributed by atoms with Crippen molar-refractivity contribution in [3.8, 4) is 5.75 Å². The molecule has 0 aromatic heterocycles. The summed E-state index contributed by atoms with van der Waals surface area (Å²) in [5, 5.41) is 9.15. The minimum Gasteiger partial charge on any atom is -0.490 e. The second kappa shape index (κ2) is 4.65. The number of likely N-dealkylation sites (N-methyl/N-ethyl adjacent to an activating group) is 1. The number of hydrogen-bond donors (Lipinski definition) is 1. The van der Waals surface area contributed by atoms with Gasteiger partial charge in [-0.05, 0) is 24.1 Å². The Morgan fingerprint density at radius 1 is 1.59 bits per heavy atom. The molecule has 1 N–H and O–H groups in total. The number of carbonyl (C=O) groups is 1. The molecule has 0 aliphatic carbocycles. The molecule has 0 fully saturated rings. The quantitative estimate of drug-likeness (QED) is 0.871. The van der Waals surface area contributed by atoms with Crippen molar-refractivity contribution in [1.29, 1.82) is 0 Å². The van der Waals surface area contributed by atoms with Crippen molar-refractivity contribution < 1.29 is 14.6 Å². The van der Waals surface area contributed by atoms with E-state index in [1.54, 1.807) is 0 Å². The minimum atomic E-state index is -0.771. The molecule has 17 heavy (non-hydrogen) atoms. The molecular weight excluding hydrogens is 218 g/mol. The normalized spacial score (nSPS) is 16.0. The molecule has 1 aromatic rings. The summed E-state index contributed by atoms with van der Waals surface area (Å²) in [7, 11) is 1.99. The Kier molecular flexibility index (Phi) is 3.22. The number of benzene rings is 1. The van der Waals surface area contributed by atoms with Crippen LogP contribution in [0.4, 0.5) is 5.69 Å². The number of hydrogen-bond acceptors (Lipinski definition) is 3. The smallest absolute Gasteiger partial charge is 0.310 e. The number of rotatable bonds is 3. The van der Waals surface area contributed by atoms with E-state index < -0.39 is 11.9 Å². The highest BCUT2D eigenvalue weighted by atomic mass is 16.5. The first-order valence-corrected chi connectivity index (χ1v) is 5.84. The standard InChI is InChI=1S/C13H17NO3/c1-3-10(13(15)16)9-4-5-12-11(8-9)14(2)6-7-17-12/h4-5,8,10H,3,6-7H2,1-2H3,(H,15,16). The largest absolute Gasteiger partial charge is 0.490 e. The van der Waals surface area contributed by atoms with Crippen LogP contribution >= 0.6 is 0 Å². The first-order valence-electron chi connectivity index (χ1n) is 5.84. The summed E-state index contributed by atoms with van der Waals surface area (Å²) in [6.45, 7) is 3.40. The first kappa shape index (κ1) is 11.8. The van der Waals surface area contributed by atoms with Crippen LogP contribution in [0.15, 0.2) is 18.2 Å². The third-order valence-electron chi connectivity index (χ3n) is 3.19. The van der Waals surface area contributed by atoms with Gasteiger partial charge in [-0.15, -0.1) is 0 Å². The van der Waals surface area contributed by atoms with Gasteiger partial charge in [-0.2, -0.15) is 0 Å². The maximum atomic E-state index is 11.1. The lowest BCUT2D eigenvalue weighted by atomic mass is 9.95. The Morgan fingerprint density at radius 3 is 3.00 bits per heavy atom. The van der Waals surface area contributed by atoms with Crippen LogP contribution in [-0.2, 0) is 4.79 Å². The van der Waals surface area contributed by atoms with E-state index in [9.17, 15) is 4.79 Å². The molecule has 1 aliphatic rings. The third kappa shape index (κ3) is 2.20. The number of carboxylic acid groups (broad SMARTS) is 1. The first-order chi connectivity index (χ1) is 8.13. The van der Waals surface area contributed by atoms with E-state index in [1.165, 1.54) is 0 Å². The molecule has 4 nitrogen and oxygen atoms in total. The highest BCUT2D eigenvalue weighted by Crippen LogP contribution is 2.34. The number of carboxylic acids is 1. The number of aliphatic carboxylic acids is 1. The summed E-state index contributed by atoms with van der Waals surface area (Å²) < 4.78 is 5.53. The summed E-state index contributed by atoms with van der Waals surface area (Å²) in [6.07, 6.45) is 0.596. The van der Waals surface area contributed by atoms with E-state index in [4.69, 9.17) is 9.84 Å². The van der Waals surface area contributed by atoms with E-state index in [1.807, 2.05) is 32.2 Å². The fourth-order valence-corrected chi connectivity index (χ4v) is 2.14. The predicted molar refractivity (Wildman–Crippen MR) is 65.9 cm³/mol. The molecule has 1 atom stereocenters. The van der Waals surface area contributed by atoms with Gasteiger partial charge >= 0.3 is 5.97 Å². The Hall–Kier alpha value is -1.71. The highest BCUT2D eigenvalue weighted by molar-refractivity contribution is 5.77. The van der Waals surface area contributed by atoms with Crippen molar-refractivity contribution in [1.82, 2.24) is 0 Å². The van der Waals surface area contributed by atoms with Crippen molar-refractivity contribution >= 4 is 11.7 Å². The van der Waals surface area contributed by atoms with Gasteiger partial charge in [0.1, 0.15) is 12.4 Å². The Labute approximate surface area is 101 Å². The maximum absolute atomic E-state index is 11.1. The van der Waals surface area contributed by atoms with Crippen LogP contribution in [0.3, 0.4) is 0 Å². The zero-order chi connectivity index (χ0) is 12.4. The Balaban J connectivity index is 2.37. The predicted octanol–water partition coefficient (Wildman–Crippen LogP) is 2.09. The van der Waals surface area contributed by atoms with Crippen molar-refractivity contribution in [3.63, 3.8) is 0 Å². The van der Waals surface area contributed by atoms with Crippen molar-refractivity contribution in [2.24, 2.45) is 0 Å². The number of fused-ring (bicyclic) bond motifs is 1. The SMILES string of the molecule is CCC(C(=O)O)c1ccc2c(c1)N(C)CCO2. The zero-order valence-corrected chi connectivity index (χ0v) is 10.1. The molecule has 1 heterocycles. The van der Waals surface area contributed by atoms with E-state index in [-0.39, 0.29) is 0 Å². The topological polar surface area (TPSA) is 49.8 Å². The molecule has 2 rings (SSSR count). The lowest BCUT2D eigenvalue weighted by Gasteiger charge is -2.28. The number of nitrogens with zero attached hydrogens (tertiary/aromatic N) is 1. The van der Waals surface area contributed by atoms with E-state index in [2.05, 4.69) is 4.90 Å². The maximum Gasteiger partial charge on any atom is 0.310 e. The summed E-state index contributed by atoms with van der Waals surface area (Å²) in [5.74, 6) is -0.370. The molecular formula is C13H17NO3. The van der Waals surface area contributed by atoms with E-state index in [0.29, 0.717) is 13.0 Å². The summed E-state index contributed by atoms with van der Waals surface area (Å²) in [6, 6.07) is 5.64. The summed E-state index contributed by atoms with van der Waals surface area (Å²) in [5.41, 5.74) is 1.82. The van der Waals surface area contributed by atoms with Crippen LogP contribution in [-0.4, -0.2) is 31.3 Å². The van der Waals surface area contributed by atoms with Crippen LogP contribution in [0.1, 0.15) is 24.8 Å². The monoisotopic (exact) mass is 235 g/mol. The molecule has 0 saturated carbocycles. The summed E-state index contributed by atoms with van der Waals surface area (Å²) in [4.78, 5) is 13.2. The Bertz CT molecular complexity index is 431. The average molecular weight is 235 g/mol. The van der Waals surface area contributed by atoms with Gasteiger partial charge in [-0.25, -0.2) is 0 Å². The lowest BCUT2D eigenvalue weighted by molar-refractivity contribution is -0.138. The molecule has 4 heteroatoms. The third-order valence-corrected chi connectivity index (χ3v) is 3.19. The average Bonchev–Trinajstić information content (AvgIpc) is 2.30. The fourth-order valence-electron chi connectivity index (χ4n) is 2.14. The van der Waals surface area contributed by atoms with Gasteiger partial charge in [0.25, 0.3) is 0 Å². The van der Waals surface area contributed by atoms with Crippen LogP contribution in [0.2, 0.25) is 0 Å². The van der Waals surface area contributed by atoms with Crippen LogP contribution < -0.4 is 9.64 Å². The van der Waals surface area contributed by atoms with Crippen LogP contribution in [0.25, 0.3) is 0 Å². The lowest BCUT2D eigenvalue weighted by Crippen LogP contribution is -2.29. The van der Waals surface area contributed by atoms with Crippen molar-refractivity contribution in [2.75, 3.05) is 25.1 Å². The van der Waals surface area contributed by atoms with Crippen molar-refractivity contribution in [3.05, 3.63) is 23.8 Å². The minimum absolute atomic E-state index is 0.435. The molecule has 0 spiro atoms. The molecule has 1 aromatic carbocycles. The van der Waals surface area contributed by atoms with Crippen LogP contribution in [0, 0.1) is 0 Å². The van der Waals surface area contributed by atoms with E-state index >= 15 is 0 Å². The number of ether oxygens (including phenoxy) is 1. The molecule has 0 radical (unpaired) electrons. The van der Waals surface area contributed by atoms with Crippen LogP contribution in [0.5, 0.6) is 5.75 Å². The van der Waals surface area contributed by atoms with Gasteiger partial charge in [0.15, 0.2) is 0 Å². The second-order valence-corrected chi connectivity index (χ2v) is 4.30. The zero-order valence-electron chi connectivity index (χ0n) is 10.1. The molecule has 1 unspecified atom stereocenters.